The number of halogens is 2. The van der Waals surface area contributed by atoms with E-state index in [2.05, 4.69) is 28.8 Å². The molecular weight excluding hydrogens is 468 g/mol. The van der Waals surface area contributed by atoms with Gasteiger partial charge in [-0.1, -0.05) is 0 Å². The quantitative estimate of drug-likeness (QED) is 0.521. The topological polar surface area (TPSA) is 70.7 Å². The van der Waals surface area contributed by atoms with Gasteiger partial charge in [0.05, 0.1) is 12.8 Å². The number of nitrogens with zero attached hydrogens (tertiary/aromatic N) is 1. The number of anilines is 2. The minimum atomic E-state index is -3.96. The molecule has 0 bridgehead atoms. The van der Waals surface area contributed by atoms with Crippen LogP contribution in [-0.4, -0.2) is 40.7 Å². The average molecular weight is 494 g/mol. The van der Waals surface area contributed by atoms with Crippen molar-refractivity contribution in [2.45, 2.75) is 30.1 Å². The number of piperazine rings is 1. The second-order valence-corrected chi connectivity index (χ2v) is 11.1. The monoisotopic (exact) mass is 493 g/mol. The molecule has 2 heterocycles. The van der Waals surface area contributed by atoms with E-state index in [9.17, 15) is 17.2 Å². The summed E-state index contributed by atoms with van der Waals surface area (Å²) in [6, 6.07) is 12.1. The van der Waals surface area contributed by atoms with E-state index in [1.807, 2.05) is 6.07 Å². The molecule has 2 aromatic carbocycles. The second kappa shape index (κ2) is 9.28. The summed E-state index contributed by atoms with van der Waals surface area (Å²) in [4.78, 5) is 2.58. The molecule has 0 amide bonds. The van der Waals surface area contributed by atoms with Gasteiger partial charge >= 0.3 is 0 Å². The first kappa shape index (κ1) is 23.5. The van der Waals surface area contributed by atoms with Gasteiger partial charge in [0, 0.05) is 47.4 Å². The number of hydrogen-bond donors (Lipinski definition) is 2. The van der Waals surface area contributed by atoms with E-state index >= 15 is 0 Å². The lowest BCUT2D eigenvalue weighted by Crippen LogP contribution is -2.54. The fourth-order valence-corrected chi connectivity index (χ4v) is 6.40. The Labute approximate surface area is 196 Å². The van der Waals surface area contributed by atoms with Crippen LogP contribution in [0.5, 0.6) is 5.75 Å². The first-order valence-electron chi connectivity index (χ1n) is 10.4. The standard InChI is InChI=1S/C23H25F2N3O3S2/c1-14-12-28(13-15(2)26-14)17-5-7-21(31-3)20(11-17)27-33(29,30)23-9-8-22(32-23)18-6-4-16(24)10-19(18)25/h4-11,14-15,26-27H,12-13H2,1-3H3. The number of benzene rings is 2. The van der Waals surface area contributed by atoms with Gasteiger partial charge in [-0.25, -0.2) is 17.2 Å². The smallest absolute Gasteiger partial charge is 0.271 e. The molecule has 0 radical (unpaired) electrons. The van der Waals surface area contributed by atoms with Crippen molar-refractivity contribution in [3.05, 3.63) is 60.2 Å². The lowest BCUT2D eigenvalue weighted by molar-refractivity contribution is 0.406. The van der Waals surface area contributed by atoms with Crippen molar-refractivity contribution in [2.75, 3.05) is 29.8 Å². The maximum absolute atomic E-state index is 14.1. The highest BCUT2D eigenvalue weighted by atomic mass is 32.2. The molecule has 2 N–H and O–H groups in total. The Morgan fingerprint density at radius 1 is 1.06 bits per heavy atom. The van der Waals surface area contributed by atoms with Crippen LogP contribution in [0.15, 0.2) is 52.7 Å². The van der Waals surface area contributed by atoms with Crippen LogP contribution in [0.4, 0.5) is 20.2 Å². The molecule has 1 aliphatic heterocycles. The zero-order valence-electron chi connectivity index (χ0n) is 18.4. The summed E-state index contributed by atoms with van der Waals surface area (Å²) >= 11 is 0.906. The molecule has 0 spiro atoms. The van der Waals surface area contributed by atoms with Crippen molar-refractivity contribution in [1.29, 1.82) is 0 Å². The van der Waals surface area contributed by atoms with E-state index in [1.165, 1.54) is 25.3 Å². The van der Waals surface area contributed by atoms with Gasteiger partial charge in [0.25, 0.3) is 10.0 Å². The van der Waals surface area contributed by atoms with E-state index < -0.39 is 21.7 Å². The van der Waals surface area contributed by atoms with E-state index in [4.69, 9.17) is 4.74 Å². The van der Waals surface area contributed by atoms with Gasteiger partial charge in [0.1, 0.15) is 21.6 Å². The third-order valence-electron chi connectivity index (χ3n) is 5.39. The van der Waals surface area contributed by atoms with Crippen LogP contribution in [0.1, 0.15) is 13.8 Å². The number of ether oxygens (including phenoxy) is 1. The molecular formula is C23H25F2N3O3S2. The summed E-state index contributed by atoms with van der Waals surface area (Å²) in [5.74, 6) is -1.05. The van der Waals surface area contributed by atoms with Crippen molar-refractivity contribution in [1.82, 2.24) is 5.32 Å². The molecule has 33 heavy (non-hydrogen) atoms. The van der Waals surface area contributed by atoms with Crippen LogP contribution < -0.4 is 19.7 Å². The maximum Gasteiger partial charge on any atom is 0.271 e. The van der Waals surface area contributed by atoms with Gasteiger partial charge in [-0.15, -0.1) is 11.3 Å². The van der Waals surface area contributed by atoms with Crippen LogP contribution in [-0.2, 0) is 10.0 Å². The van der Waals surface area contributed by atoms with Gasteiger partial charge in [-0.3, -0.25) is 4.72 Å². The Morgan fingerprint density at radius 2 is 1.79 bits per heavy atom. The highest BCUT2D eigenvalue weighted by Gasteiger charge is 2.24. The zero-order valence-corrected chi connectivity index (χ0v) is 20.1. The lowest BCUT2D eigenvalue weighted by Gasteiger charge is -2.38. The Morgan fingerprint density at radius 3 is 2.45 bits per heavy atom. The SMILES string of the molecule is COc1ccc(N2CC(C)NC(C)C2)cc1NS(=O)(=O)c1ccc(-c2ccc(F)cc2F)s1. The maximum atomic E-state index is 14.1. The molecule has 176 valence electrons. The molecule has 0 saturated carbocycles. The Kier molecular flexibility index (Phi) is 6.60. The minimum Gasteiger partial charge on any atom is -0.495 e. The fraction of sp³-hybridized carbons (Fsp3) is 0.304. The zero-order chi connectivity index (χ0) is 23.8. The average Bonchev–Trinajstić information content (AvgIpc) is 3.24. The van der Waals surface area contributed by atoms with Crippen LogP contribution in [0.2, 0.25) is 0 Å². The molecule has 2 unspecified atom stereocenters. The number of hydrogen-bond acceptors (Lipinski definition) is 6. The molecule has 0 aliphatic carbocycles. The minimum absolute atomic E-state index is 0.0121. The summed E-state index contributed by atoms with van der Waals surface area (Å²) < 4.78 is 61.6. The van der Waals surface area contributed by atoms with Gasteiger partial charge < -0.3 is 15.0 Å². The molecule has 1 saturated heterocycles. The number of methoxy groups -OCH3 is 1. The summed E-state index contributed by atoms with van der Waals surface area (Å²) in [7, 11) is -2.49. The van der Waals surface area contributed by atoms with Crippen molar-refractivity contribution < 1.29 is 21.9 Å². The molecule has 1 aliphatic rings. The number of nitrogens with one attached hydrogen (secondary N) is 2. The molecule has 2 atom stereocenters. The Hall–Kier alpha value is -2.69. The van der Waals surface area contributed by atoms with E-state index in [0.29, 0.717) is 28.4 Å². The molecule has 10 heteroatoms. The predicted molar refractivity (Wildman–Crippen MR) is 128 cm³/mol. The Balaban J connectivity index is 1.62. The summed E-state index contributed by atoms with van der Waals surface area (Å²) in [6.07, 6.45) is 0. The van der Waals surface area contributed by atoms with Gasteiger partial charge in [-0.05, 0) is 56.3 Å². The lowest BCUT2D eigenvalue weighted by atomic mass is 10.1. The Bertz CT molecular complexity index is 1250. The van der Waals surface area contributed by atoms with E-state index in [1.54, 1.807) is 12.1 Å². The first-order valence-corrected chi connectivity index (χ1v) is 12.7. The predicted octanol–water partition coefficient (Wildman–Crippen LogP) is 4.69. The van der Waals surface area contributed by atoms with E-state index in [0.717, 1.165) is 42.2 Å². The number of rotatable bonds is 6. The summed E-state index contributed by atoms with van der Waals surface area (Å²) in [6.45, 7) is 5.79. The second-order valence-electron chi connectivity index (χ2n) is 8.11. The van der Waals surface area contributed by atoms with Crippen molar-refractivity contribution >= 4 is 32.7 Å². The molecule has 4 rings (SSSR count). The molecule has 1 fully saturated rings. The molecule has 1 aromatic heterocycles. The van der Waals surface area contributed by atoms with Crippen molar-refractivity contribution in [3.63, 3.8) is 0 Å². The highest BCUT2D eigenvalue weighted by Crippen LogP contribution is 2.36. The third kappa shape index (κ3) is 5.13. The van der Waals surface area contributed by atoms with Crippen LogP contribution in [0.25, 0.3) is 10.4 Å². The van der Waals surface area contributed by atoms with Crippen LogP contribution in [0.3, 0.4) is 0 Å². The third-order valence-corrected chi connectivity index (χ3v) is 8.37. The van der Waals surface area contributed by atoms with E-state index in [-0.39, 0.29) is 9.77 Å². The number of sulfonamides is 1. The fourth-order valence-electron chi connectivity index (χ4n) is 4.00. The highest BCUT2D eigenvalue weighted by molar-refractivity contribution is 7.94. The van der Waals surface area contributed by atoms with Crippen molar-refractivity contribution in [2.24, 2.45) is 0 Å². The molecule has 3 aromatic rings. The number of thiophene rings is 1. The largest absolute Gasteiger partial charge is 0.495 e. The summed E-state index contributed by atoms with van der Waals surface area (Å²) in [5.41, 5.74) is 1.34. The van der Waals surface area contributed by atoms with Crippen molar-refractivity contribution in [3.8, 4) is 16.2 Å². The van der Waals surface area contributed by atoms with Gasteiger partial charge in [0.15, 0.2) is 0 Å². The first-order chi connectivity index (χ1) is 15.7. The van der Waals surface area contributed by atoms with Gasteiger partial charge in [-0.2, -0.15) is 0 Å². The summed E-state index contributed by atoms with van der Waals surface area (Å²) in [5, 5.41) is 3.47. The normalized spacial score (nSPS) is 18.9. The van der Waals surface area contributed by atoms with Crippen LogP contribution in [0, 0.1) is 11.6 Å². The van der Waals surface area contributed by atoms with Gasteiger partial charge in [0.2, 0.25) is 0 Å². The van der Waals surface area contributed by atoms with Crippen LogP contribution >= 0.6 is 11.3 Å². The molecule has 6 nitrogen and oxygen atoms in total.